The Labute approximate surface area is 118 Å². The van der Waals surface area contributed by atoms with E-state index in [4.69, 9.17) is 5.73 Å². The van der Waals surface area contributed by atoms with E-state index in [-0.39, 0.29) is 11.9 Å². The Balaban J connectivity index is 2.14. The minimum absolute atomic E-state index is 0.0273. The molecule has 0 aliphatic carbocycles. The lowest BCUT2D eigenvalue weighted by molar-refractivity contribution is -0.121. The van der Waals surface area contributed by atoms with Gasteiger partial charge in [-0.15, -0.1) is 0 Å². The van der Waals surface area contributed by atoms with Crippen LogP contribution in [0.2, 0.25) is 0 Å². The summed E-state index contributed by atoms with van der Waals surface area (Å²) in [5.74, 6) is 0.451. The van der Waals surface area contributed by atoms with Crippen molar-refractivity contribution in [3.8, 4) is 0 Å². The van der Waals surface area contributed by atoms with Crippen LogP contribution in [0.15, 0.2) is 0 Å². The molecule has 110 valence electrons. The molecule has 7 nitrogen and oxygen atoms in total. The van der Waals surface area contributed by atoms with E-state index in [2.05, 4.69) is 15.4 Å². The number of aryl methyl sites for hydroxylation is 3. The van der Waals surface area contributed by atoms with E-state index in [1.165, 1.54) is 0 Å². The van der Waals surface area contributed by atoms with Crippen molar-refractivity contribution >= 4 is 23.0 Å². The van der Waals surface area contributed by atoms with Crippen molar-refractivity contribution in [1.82, 2.24) is 24.6 Å². The van der Waals surface area contributed by atoms with Crippen LogP contribution in [0.25, 0.3) is 11.2 Å². The maximum atomic E-state index is 11.8. The molecule has 0 saturated heterocycles. The molecule has 2 rings (SSSR count). The highest BCUT2D eigenvalue weighted by atomic mass is 16.1. The maximum Gasteiger partial charge on any atom is 0.222 e. The maximum absolute atomic E-state index is 11.8. The number of fused-ring (bicyclic) bond motifs is 1. The van der Waals surface area contributed by atoms with Crippen LogP contribution in [0.1, 0.15) is 32.4 Å². The molecule has 1 unspecified atom stereocenters. The van der Waals surface area contributed by atoms with Crippen LogP contribution in [-0.2, 0) is 18.4 Å². The largest absolute Gasteiger partial charge is 0.369 e. The Morgan fingerprint density at radius 3 is 2.85 bits per heavy atom. The van der Waals surface area contributed by atoms with Crippen molar-refractivity contribution in [3.63, 3.8) is 0 Å². The topological polar surface area (TPSA) is 90.8 Å². The Bertz CT molecular complexity index is 626. The van der Waals surface area contributed by atoms with Crippen LogP contribution in [0.4, 0.5) is 5.95 Å². The smallest absolute Gasteiger partial charge is 0.222 e. The molecule has 7 heteroatoms. The van der Waals surface area contributed by atoms with E-state index in [9.17, 15) is 4.79 Å². The third-order valence-electron chi connectivity index (χ3n) is 3.50. The molecular formula is C13H22N6O. The Hall–Kier alpha value is -2.05. The van der Waals surface area contributed by atoms with Crippen LogP contribution in [0, 0.1) is 6.92 Å². The number of rotatable bonds is 5. The summed E-state index contributed by atoms with van der Waals surface area (Å²) in [7, 11) is 1.85. The van der Waals surface area contributed by atoms with Crippen molar-refractivity contribution in [2.75, 3.05) is 5.73 Å². The second kappa shape index (κ2) is 5.52. The van der Waals surface area contributed by atoms with Crippen molar-refractivity contribution < 1.29 is 4.79 Å². The number of hydrogen-bond acceptors (Lipinski definition) is 4. The fourth-order valence-corrected chi connectivity index (χ4v) is 2.23. The summed E-state index contributed by atoms with van der Waals surface area (Å²) in [4.78, 5) is 16.2. The molecule has 0 radical (unpaired) electrons. The Morgan fingerprint density at radius 1 is 1.50 bits per heavy atom. The fourth-order valence-electron chi connectivity index (χ4n) is 2.23. The Morgan fingerprint density at radius 2 is 2.20 bits per heavy atom. The molecule has 20 heavy (non-hydrogen) atoms. The third-order valence-corrected chi connectivity index (χ3v) is 3.50. The number of imidazole rings is 1. The first-order valence-corrected chi connectivity index (χ1v) is 6.88. The molecule has 0 aliphatic heterocycles. The van der Waals surface area contributed by atoms with E-state index in [0.29, 0.717) is 18.9 Å². The molecular weight excluding hydrogens is 256 g/mol. The molecule has 1 atom stereocenters. The highest BCUT2D eigenvalue weighted by molar-refractivity contribution is 5.79. The van der Waals surface area contributed by atoms with Gasteiger partial charge in [0.1, 0.15) is 5.52 Å². The van der Waals surface area contributed by atoms with Gasteiger partial charge in [-0.05, 0) is 20.3 Å². The first-order valence-electron chi connectivity index (χ1n) is 6.88. The van der Waals surface area contributed by atoms with Gasteiger partial charge < -0.3 is 11.1 Å². The quantitative estimate of drug-likeness (QED) is 0.852. The predicted octanol–water partition coefficient (Wildman–Crippen LogP) is 0.965. The minimum atomic E-state index is 0.0273. The van der Waals surface area contributed by atoms with Gasteiger partial charge in [0.15, 0.2) is 5.65 Å². The molecule has 0 bridgehead atoms. The molecule has 0 aliphatic rings. The van der Waals surface area contributed by atoms with Crippen LogP contribution >= 0.6 is 0 Å². The molecule has 2 aromatic rings. The lowest BCUT2D eigenvalue weighted by atomic mass is 10.2. The molecule has 0 aromatic carbocycles. The van der Waals surface area contributed by atoms with Crippen molar-refractivity contribution in [1.29, 1.82) is 0 Å². The molecule has 0 fully saturated rings. The van der Waals surface area contributed by atoms with Gasteiger partial charge >= 0.3 is 0 Å². The van der Waals surface area contributed by atoms with Crippen molar-refractivity contribution in [2.45, 2.75) is 46.2 Å². The summed E-state index contributed by atoms with van der Waals surface area (Å²) in [6.45, 7) is 6.44. The van der Waals surface area contributed by atoms with Gasteiger partial charge in [-0.1, -0.05) is 6.92 Å². The number of aromatic nitrogens is 4. The number of carbonyl (C=O) groups excluding carboxylic acids is 1. The van der Waals surface area contributed by atoms with Crippen LogP contribution in [0.3, 0.4) is 0 Å². The lowest BCUT2D eigenvalue weighted by Crippen LogP contribution is -2.32. The van der Waals surface area contributed by atoms with Gasteiger partial charge in [0.25, 0.3) is 0 Å². The van der Waals surface area contributed by atoms with Crippen molar-refractivity contribution in [3.05, 3.63) is 5.69 Å². The number of carbonyl (C=O) groups is 1. The molecule has 1 amide bonds. The predicted molar refractivity (Wildman–Crippen MR) is 78.2 cm³/mol. The zero-order chi connectivity index (χ0) is 14.9. The summed E-state index contributed by atoms with van der Waals surface area (Å²) in [5, 5.41) is 7.26. The summed E-state index contributed by atoms with van der Waals surface area (Å²) < 4.78 is 3.59. The minimum Gasteiger partial charge on any atom is -0.369 e. The van der Waals surface area contributed by atoms with Crippen LogP contribution < -0.4 is 11.1 Å². The average Bonchev–Trinajstić information content (AvgIpc) is 2.85. The third kappa shape index (κ3) is 2.61. The zero-order valence-electron chi connectivity index (χ0n) is 12.5. The summed E-state index contributed by atoms with van der Waals surface area (Å²) in [5.41, 5.74) is 8.43. The summed E-state index contributed by atoms with van der Waals surface area (Å²) >= 11 is 0. The molecule has 0 saturated carbocycles. The molecule has 0 spiro atoms. The fraction of sp³-hybridized carbons (Fsp3) is 0.615. The molecule has 2 aromatic heterocycles. The van der Waals surface area contributed by atoms with Crippen LogP contribution in [-0.4, -0.2) is 31.3 Å². The van der Waals surface area contributed by atoms with E-state index >= 15 is 0 Å². The van der Waals surface area contributed by atoms with E-state index in [1.807, 2.05) is 32.4 Å². The number of hydrogen-bond donors (Lipinski definition) is 2. The number of nitrogens with zero attached hydrogens (tertiary/aromatic N) is 4. The first kappa shape index (κ1) is 14.4. The number of nitrogen functional groups attached to an aromatic ring is 1. The number of anilines is 1. The molecule has 3 N–H and O–H groups in total. The number of nitrogens with two attached hydrogens (primary N) is 1. The number of nitrogens with one attached hydrogen (secondary N) is 1. The summed E-state index contributed by atoms with van der Waals surface area (Å²) in [6, 6.07) is 0.196. The normalized spacial score (nSPS) is 12.8. The summed E-state index contributed by atoms with van der Waals surface area (Å²) in [6.07, 6.45) is 1.30. The van der Waals surface area contributed by atoms with Gasteiger partial charge in [0.2, 0.25) is 11.9 Å². The van der Waals surface area contributed by atoms with Crippen LogP contribution in [0.5, 0.6) is 0 Å². The highest BCUT2D eigenvalue weighted by Crippen LogP contribution is 2.20. The lowest BCUT2D eigenvalue weighted by Gasteiger charge is -2.12. The standard InChI is InChI=1S/C13H22N6O/c1-5-8(2)15-10(20)6-7-19-12-11(16-13(19)14)9(3)17-18(12)4/h8H,5-7H2,1-4H3,(H2,14,16)(H,15,20). The SMILES string of the molecule is CCC(C)NC(=O)CCn1c(N)nc2c(C)nn(C)c21. The first-order chi connectivity index (χ1) is 9.43. The van der Waals surface area contributed by atoms with Gasteiger partial charge in [0.05, 0.1) is 5.69 Å². The monoisotopic (exact) mass is 278 g/mol. The van der Waals surface area contributed by atoms with Gasteiger partial charge in [-0.3, -0.25) is 14.0 Å². The Kier molecular flexibility index (Phi) is 3.96. The zero-order valence-corrected chi connectivity index (χ0v) is 12.5. The van der Waals surface area contributed by atoms with E-state index in [0.717, 1.165) is 23.3 Å². The van der Waals surface area contributed by atoms with E-state index in [1.54, 1.807) is 4.68 Å². The van der Waals surface area contributed by atoms with Gasteiger partial charge in [-0.25, -0.2) is 4.98 Å². The molecule has 2 heterocycles. The van der Waals surface area contributed by atoms with Crippen molar-refractivity contribution in [2.24, 2.45) is 7.05 Å². The second-order valence-corrected chi connectivity index (χ2v) is 5.13. The van der Waals surface area contributed by atoms with Gasteiger partial charge in [0, 0.05) is 26.1 Å². The average molecular weight is 278 g/mol. The van der Waals surface area contributed by atoms with E-state index < -0.39 is 0 Å². The highest BCUT2D eigenvalue weighted by Gasteiger charge is 2.16. The second-order valence-electron chi connectivity index (χ2n) is 5.13. The van der Waals surface area contributed by atoms with Gasteiger partial charge in [-0.2, -0.15) is 5.10 Å². The number of amides is 1.